The van der Waals surface area contributed by atoms with E-state index in [1.165, 1.54) is 23.1 Å². The highest BCUT2D eigenvalue weighted by molar-refractivity contribution is 6.48. The summed E-state index contributed by atoms with van der Waals surface area (Å²) in [4.78, 5) is 13.4. The van der Waals surface area contributed by atoms with Crippen molar-refractivity contribution >= 4 is 13.0 Å². The maximum Gasteiger partial charge on any atom is 0.482 e. The van der Waals surface area contributed by atoms with Gasteiger partial charge in [0.1, 0.15) is 0 Å². The summed E-state index contributed by atoms with van der Waals surface area (Å²) in [6, 6.07) is 16.5. The number of hydrogen-bond donors (Lipinski definition) is 1. The normalized spacial score (nSPS) is 27.9. The fourth-order valence-electron chi connectivity index (χ4n) is 7.09. The molecule has 4 fully saturated rings. The third-order valence-corrected chi connectivity index (χ3v) is 9.51. The summed E-state index contributed by atoms with van der Waals surface area (Å²) in [5.41, 5.74) is 4.89. The zero-order valence-corrected chi connectivity index (χ0v) is 23.0. The van der Waals surface area contributed by atoms with E-state index in [1.54, 1.807) is 10.9 Å². The first-order valence-electron chi connectivity index (χ1n) is 13.8. The summed E-state index contributed by atoms with van der Waals surface area (Å²) in [5.74, 6) is 0.501. The van der Waals surface area contributed by atoms with Gasteiger partial charge in [0.15, 0.2) is 5.69 Å². The average Bonchev–Trinajstić information content (AvgIpc) is 3.49. The number of aromatic nitrogens is 3. The van der Waals surface area contributed by atoms with Crippen LogP contribution in [0.2, 0.25) is 0 Å². The van der Waals surface area contributed by atoms with E-state index in [-0.39, 0.29) is 34.7 Å². The smallest absolute Gasteiger partial charge is 0.404 e. The minimum atomic E-state index is -0.524. The molecule has 1 amide bonds. The van der Waals surface area contributed by atoms with Crippen molar-refractivity contribution in [2.75, 3.05) is 0 Å². The Balaban J connectivity index is 1.23. The van der Waals surface area contributed by atoms with Gasteiger partial charge in [0.25, 0.3) is 5.91 Å². The fraction of sp³-hybridized carbons (Fsp3) is 0.500. The lowest BCUT2D eigenvalue weighted by atomic mass is 9.43. The van der Waals surface area contributed by atoms with Crippen molar-refractivity contribution in [3.05, 3.63) is 82.7 Å². The number of amides is 1. The van der Waals surface area contributed by atoms with Crippen molar-refractivity contribution in [3.63, 3.8) is 0 Å². The second-order valence-electron chi connectivity index (χ2n) is 12.3. The van der Waals surface area contributed by atoms with Crippen LogP contribution in [0.3, 0.4) is 0 Å². The van der Waals surface area contributed by atoms with Crippen molar-refractivity contribution in [2.24, 2.45) is 17.3 Å². The molecule has 0 spiro atoms. The monoisotopic (exact) mass is 512 g/mol. The molecular formula is C30H37BN4O3. The van der Waals surface area contributed by atoms with Gasteiger partial charge in [-0.25, -0.2) is 4.68 Å². The lowest BCUT2D eigenvalue weighted by Gasteiger charge is -2.64. The Bertz CT molecular complexity index is 1340. The maximum atomic E-state index is 13.4. The highest BCUT2D eigenvalue weighted by atomic mass is 16.7. The molecule has 3 aromatic rings. The number of nitrogens with one attached hydrogen (secondary N) is 1. The van der Waals surface area contributed by atoms with E-state index in [2.05, 4.69) is 68.4 Å². The van der Waals surface area contributed by atoms with Gasteiger partial charge in [0.2, 0.25) is 0 Å². The van der Waals surface area contributed by atoms with Gasteiger partial charge in [0, 0.05) is 0 Å². The number of carbonyl (C=O) groups is 1. The van der Waals surface area contributed by atoms with Gasteiger partial charge in [-0.1, -0.05) is 73.2 Å². The summed E-state index contributed by atoms with van der Waals surface area (Å²) >= 11 is 0. The summed E-state index contributed by atoms with van der Waals surface area (Å²) in [6.45, 7) is 11.7. The molecule has 3 aliphatic carbocycles. The van der Waals surface area contributed by atoms with Crippen LogP contribution in [0.5, 0.6) is 0 Å². The highest BCUT2D eigenvalue weighted by Crippen LogP contribution is 2.65. The molecule has 8 heteroatoms. The third kappa shape index (κ3) is 4.37. The van der Waals surface area contributed by atoms with Crippen molar-refractivity contribution in [3.8, 4) is 0 Å². The summed E-state index contributed by atoms with van der Waals surface area (Å²) in [7, 11) is -0.524. The van der Waals surface area contributed by atoms with Gasteiger partial charge < -0.3 is 14.6 Å². The summed E-state index contributed by atoms with van der Waals surface area (Å²) in [5, 5.41) is 11.6. The molecule has 0 radical (unpaired) electrons. The minimum Gasteiger partial charge on any atom is -0.404 e. The topological polar surface area (TPSA) is 78.3 Å². The number of benzene rings is 2. The predicted molar refractivity (Wildman–Crippen MR) is 147 cm³/mol. The molecule has 2 aromatic carbocycles. The zero-order valence-electron chi connectivity index (χ0n) is 23.0. The third-order valence-electron chi connectivity index (χ3n) is 9.51. The lowest BCUT2D eigenvalue weighted by Crippen LogP contribution is -2.65. The fourth-order valence-corrected chi connectivity index (χ4v) is 7.09. The first kappa shape index (κ1) is 25.3. The Morgan fingerprint density at radius 1 is 1.16 bits per heavy atom. The van der Waals surface area contributed by atoms with Crippen LogP contribution >= 0.6 is 0 Å². The molecule has 2 bridgehead atoms. The van der Waals surface area contributed by atoms with Gasteiger partial charge in [-0.05, 0) is 74.0 Å². The Morgan fingerprint density at radius 2 is 1.95 bits per heavy atom. The van der Waals surface area contributed by atoms with Gasteiger partial charge in [-0.2, -0.15) is 0 Å². The molecule has 3 saturated carbocycles. The van der Waals surface area contributed by atoms with Gasteiger partial charge in [0.05, 0.1) is 30.4 Å². The van der Waals surface area contributed by atoms with E-state index < -0.39 is 7.12 Å². The maximum absolute atomic E-state index is 13.4. The van der Waals surface area contributed by atoms with Gasteiger partial charge in [-0.3, -0.25) is 4.79 Å². The van der Waals surface area contributed by atoms with Crippen LogP contribution in [0.1, 0.15) is 66.4 Å². The highest BCUT2D eigenvalue weighted by Gasteiger charge is 2.68. The van der Waals surface area contributed by atoms with Crippen molar-refractivity contribution in [1.82, 2.24) is 20.3 Å². The molecule has 2 heterocycles. The summed E-state index contributed by atoms with van der Waals surface area (Å²) < 4.78 is 15.1. The second kappa shape index (κ2) is 9.35. The number of carbonyl (C=O) groups excluding carboxylic acids is 1. The molecule has 198 valence electrons. The van der Waals surface area contributed by atoms with Crippen LogP contribution in [0.15, 0.2) is 54.7 Å². The molecule has 1 aliphatic heterocycles. The van der Waals surface area contributed by atoms with E-state index in [0.717, 1.165) is 12.0 Å². The SMILES string of the molecule is Cc1ccc(C[C@H](NC(=O)c2cn(Cc3ccccc3)nn2)B2O[C@@H]3C[C@@H]4C[C@@H](C4(C)C)[C@]3(C)O2)c(C)c1. The molecule has 4 aliphatic rings. The molecule has 1 N–H and O–H groups in total. The minimum absolute atomic E-state index is 0.0505. The Labute approximate surface area is 225 Å². The van der Waals surface area contributed by atoms with Crippen LogP contribution in [0, 0.1) is 31.1 Å². The first-order chi connectivity index (χ1) is 18.1. The quantitative estimate of drug-likeness (QED) is 0.470. The molecular weight excluding hydrogens is 475 g/mol. The largest absolute Gasteiger partial charge is 0.482 e. The molecule has 7 rings (SSSR count). The number of nitrogens with zero attached hydrogens (tertiary/aromatic N) is 3. The second-order valence-corrected chi connectivity index (χ2v) is 12.3. The van der Waals surface area contributed by atoms with Crippen LogP contribution in [-0.2, 0) is 22.3 Å². The van der Waals surface area contributed by atoms with Crippen LogP contribution < -0.4 is 5.32 Å². The average molecular weight is 512 g/mol. The van der Waals surface area contributed by atoms with Crippen molar-refractivity contribution in [2.45, 2.75) is 78.1 Å². The van der Waals surface area contributed by atoms with Crippen molar-refractivity contribution in [1.29, 1.82) is 0 Å². The zero-order chi connectivity index (χ0) is 26.7. The van der Waals surface area contributed by atoms with E-state index in [1.807, 2.05) is 30.3 Å². The van der Waals surface area contributed by atoms with E-state index in [0.29, 0.717) is 24.8 Å². The Hall–Kier alpha value is -2.97. The molecule has 5 atom stereocenters. The predicted octanol–water partition coefficient (Wildman–Crippen LogP) is 4.55. The Kier molecular flexibility index (Phi) is 6.23. The molecule has 7 nitrogen and oxygen atoms in total. The van der Waals surface area contributed by atoms with E-state index >= 15 is 0 Å². The number of aryl methyl sites for hydroxylation is 2. The molecule has 38 heavy (non-hydrogen) atoms. The van der Waals surface area contributed by atoms with Crippen LogP contribution in [0.25, 0.3) is 0 Å². The van der Waals surface area contributed by atoms with E-state index in [4.69, 9.17) is 9.31 Å². The standard InChI is InChI=1S/C30H37BN4O3/c1-19-11-12-22(20(2)13-19)14-27(31-37-26-16-23-15-25(29(23,3)4)30(26,5)38-31)32-28(36)24-18-35(34-33-24)17-21-9-7-6-8-10-21/h6-13,18,23,25-27H,14-17H2,1-5H3,(H,32,36)/t23-,25-,26+,27-,30-/m0/s1. The van der Waals surface area contributed by atoms with Crippen LogP contribution in [-0.4, -0.2) is 45.7 Å². The molecule has 1 saturated heterocycles. The summed E-state index contributed by atoms with van der Waals surface area (Å²) in [6.07, 6.45) is 4.56. The van der Waals surface area contributed by atoms with E-state index in [9.17, 15) is 4.79 Å². The lowest BCUT2D eigenvalue weighted by molar-refractivity contribution is -0.199. The van der Waals surface area contributed by atoms with Gasteiger partial charge in [-0.15, -0.1) is 5.10 Å². The molecule has 1 aromatic heterocycles. The number of rotatable bonds is 7. The first-order valence-corrected chi connectivity index (χ1v) is 13.8. The van der Waals surface area contributed by atoms with Crippen molar-refractivity contribution < 1.29 is 14.1 Å². The van der Waals surface area contributed by atoms with Crippen LogP contribution in [0.4, 0.5) is 0 Å². The number of hydrogen-bond acceptors (Lipinski definition) is 5. The Morgan fingerprint density at radius 3 is 2.68 bits per heavy atom. The van der Waals surface area contributed by atoms with Gasteiger partial charge >= 0.3 is 7.12 Å². The molecule has 0 unspecified atom stereocenters.